The maximum Gasteiger partial charge on any atom is 0.251 e. The summed E-state index contributed by atoms with van der Waals surface area (Å²) >= 11 is 0. The first-order valence-corrected chi connectivity index (χ1v) is 6.13. The van der Waals surface area contributed by atoms with E-state index >= 15 is 0 Å². The highest BCUT2D eigenvalue weighted by molar-refractivity contribution is 5.94. The number of amides is 1. The maximum absolute atomic E-state index is 12.9. The van der Waals surface area contributed by atoms with Crippen molar-refractivity contribution in [2.24, 2.45) is 0 Å². The summed E-state index contributed by atoms with van der Waals surface area (Å²) in [5.41, 5.74) is 0.0163. The molecule has 98 valence electrons. The Morgan fingerprint density at radius 3 is 2.44 bits per heavy atom. The quantitative estimate of drug-likeness (QED) is 0.760. The molecule has 0 bridgehead atoms. The van der Waals surface area contributed by atoms with Gasteiger partial charge < -0.3 is 10.6 Å². The van der Waals surface area contributed by atoms with E-state index in [9.17, 15) is 13.6 Å². The summed E-state index contributed by atoms with van der Waals surface area (Å²) in [5, 5.41) is 5.95. The van der Waals surface area contributed by atoms with Crippen LogP contribution in [0, 0.1) is 11.6 Å². The van der Waals surface area contributed by atoms with Crippen molar-refractivity contribution in [1.29, 1.82) is 0 Å². The van der Waals surface area contributed by atoms with Gasteiger partial charge in [-0.3, -0.25) is 4.79 Å². The van der Waals surface area contributed by atoms with Crippen molar-refractivity contribution < 1.29 is 13.6 Å². The molecule has 0 heterocycles. The van der Waals surface area contributed by atoms with Crippen molar-refractivity contribution in [3.63, 3.8) is 0 Å². The van der Waals surface area contributed by atoms with E-state index in [1.165, 1.54) is 12.8 Å². The molecule has 1 aliphatic carbocycles. The first-order chi connectivity index (χ1) is 8.65. The van der Waals surface area contributed by atoms with Gasteiger partial charge in [0, 0.05) is 24.2 Å². The van der Waals surface area contributed by atoms with Gasteiger partial charge in [0.15, 0.2) is 0 Å². The predicted octanol–water partition coefficient (Wildman–Crippen LogP) is 1.84. The second-order valence-electron chi connectivity index (χ2n) is 4.50. The van der Waals surface area contributed by atoms with Crippen LogP contribution in [0.5, 0.6) is 0 Å². The van der Waals surface area contributed by atoms with Crippen molar-refractivity contribution in [1.82, 2.24) is 10.6 Å². The third kappa shape index (κ3) is 4.07. The van der Waals surface area contributed by atoms with Gasteiger partial charge in [0.05, 0.1) is 0 Å². The van der Waals surface area contributed by atoms with Crippen LogP contribution < -0.4 is 10.6 Å². The second-order valence-corrected chi connectivity index (χ2v) is 4.50. The molecule has 0 aliphatic heterocycles. The lowest BCUT2D eigenvalue weighted by molar-refractivity contribution is 0.0952. The van der Waals surface area contributed by atoms with Crippen molar-refractivity contribution in [2.75, 3.05) is 13.1 Å². The molecule has 0 unspecified atom stereocenters. The monoisotopic (exact) mass is 254 g/mol. The number of halogens is 2. The molecule has 0 radical (unpaired) electrons. The van der Waals surface area contributed by atoms with E-state index < -0.39 is 17.5 Å². The lowest BCUT2D eigenvalue weighted by atomic mass is 10.2. The number of rotatable bonds is 6. The Labute approximate surface area is 105 Å². The Morgan fingerprint density at radius 2 is 1.83 bits per heavy atom. The van der Waals surface area contributed by atoms with Crippen molar-refractivity contribution in [3.05, 3.63) is 35.4 Å². The molecule has 0 saturated heterocycles. The molecule has 1 aromatic rings. The fourth-order valence-corrected chi connectivity index (χ4v) is 1.67. The second kappa shape index (κ2) is 5.91. The molecule has 0 spiro atoms. The van der Waals surface area contributed by atoms with Crippen LogP contribution in [0.1, 0.15) is 29.6 Å². The van der Waals surface area contributed by atoms with Gasteiger partial charge in [0.2, 0.25) is 0 Å². The van der Waals surface area contributed by atoms with Gasteiger partial charge in [-0.2, -0.15) is 0 Å². The Kier molecular flexibility index (Phi) is 4.25. The van der Waals surface area contributed by atoms with Crippen LogP contribution in [0.4, 0.5) is 8.78 Å². The minimum absolute atomic E-state index is 0.0163. The number of hydrogen-bond donors (Lipinski definition) is 2. The molecule has 2 rings (SSSR count). The van der Waals surface area contributed by atoms with Crippen LogP contribution in [-0.2, 0) is 0 Å². The van der Waals surface area contributed by atoms with Gasteiger partial charge >= 0.3 is 0 Å². The minimum atomic E-state index is -0.740. The van der Waals surface area contributed by atoms with Gasteiger partial charge in [-0.05, 0) is 37.9 Å². The fourth-order valence-electron chi connectivity index (χ4n) is 1.67. The SMILES string of the molecule is O=C(NCCCNC1CC1)c1cc(F)cc(F)c1. The van der Waals surface area contributed by atoms with E-state index in [2.05, 4.69) is 10.6 Å². The minimum Gasteiger partial charge on any atom is -0.352 e. The van der Waals surface area contributed by atoms with Gasteiger partial charge in [0.1, 0.15) is 11.6 Å². The summed E-state index contributed by atoms with van der Waals surface area (Å²) < 4.78 is 25.8. The fraction of sp³-hybridized carbons (Fsp3) is 0.462. The van der Waals surface area contributed by atoms with Crippen LogP contribution in [0.3, 0.4) is 0 Å². The van der Waals surface area contributed by atoms with Crippen LogP contribution in [-0.4, -0.2) is 25.0 Å². The summed E-state index contributed by atoms with van der Waals surface area (Å²) in [5.74, 6) is -1.93. The molecule has 1 aromatic carbocycles. The molecule has 1 fully saturated rings. The number of nitrogens with one attached hydrogen (secondary N) is 2. The first kappa shape index (κ1) is 13.0. The third-order valence-corrected chi connectivity index (χ3v) is 2.77. The van der Waals surface area contributed by atoms with E-state index in [4.69, 9.17) is 0 Å². The van der Waals surface area contributed by atoms with Crippen molar-refractivity contribution in [3.8, 4) is 0 Å². The van der Waals surface area contributed by atoms with Crippen molar-refractivity contribution >= 4 is 5.91 Å². The van der Waals surface area contributed by atoms with Crippen molar-refractivity contribution in [2.45, 2.75) is 25.3 Å². The molecule has 1 amide bonds. The van der Waals surface area contributed by atoms with E-state index in [0.29, 0.717) is 12.6 Å². The van der Waals surface area contributed by atoms with Gasteiger partial charge in [-0.25, -0.2) is 8.78 Å². The molecule has 18 heavy (non-hydrogen) atoms. The first-order valence-electron chi connectivity index (χ1n) is 6.13. The standard InChI is InChI=1S/C13H16F2N2O/c14-10-6-9(7-11(15)8-10)13(18)17-5-1-4-16-12-2-3-12/h6-8,12,16H,1-5H2,(H,17,18). The lowest BCUT2D eigenvalue weighted by Crippen LogP contribution is -2.28. The highest BCUT2D eigenvalue weighted by atomic mass is 19.1. The molecule has 2 N–H and O–H groups in total. The zero-order chi connectivity index (χ0) is 13.0. The molecular formula is C13H16F2N2O. The molecular weight excluding hydrogens is 238 g/mol. The highest BCUT2D eigenvalue weighted by Crippen LogP contribution is 2.18. The van der Waals surface area contributed by atoms with Crippen LogP contribution in [0.2, 0.25) is 0 Å². The normalized spacial score (nSPS) is 14.6. The summed E-state index contributed by atoms with van der Waals surface area (Å²) in [6, 6.07) is 3.45. The van der Waals surface area contributed by atoms with Gasteiger partial charge in [-0.1, -0.05) is 0 Å². The zero-order valence-corrected chi connectivity index (χ0v) is 10.0. The Balaban J connectivity index is 1.72. The Morgan fingerprint density at radius 1 is 1.17 bits per heavy atom. The van der Waals surface area contributed by atoms with Crippen LogP contribution in [0.15, 0.2) is 18.2 Å². The average Bonchev–Trinajstić information content (AvgIpc) is 3.11. The van der Waals surface area contributed by atoms with Crippen LogP contribution in [0.25, 0.3) is 0 Å². The maximum atomic E-state index is 12.9. The van der Waals surface area contributed by atoms with Gasteiger partial charge in [-0.15, -0.1) is 0 Å². The summed E-state index contributed by atoms with van der Waals surface area (Å²) in [6.45, 7) is 1.35. The molecule has 0 aromatic heterocycles. The van der Waals surface area contributed by atoms with Crippen LogP contribution >= 0.6 is 0 Å². The Hall–Kier alpha value is -1.49. The largest absolute Gasteiger partial charge is 0.352 e. The Bertz CT molecular complexity index is 413. The number of carbonyl (C=O) groups is 1. The van der Waals surface area contributed by atoms with Gasteiger partial charge in [0.25, 0.3) is 5.91 Å². The number of hydrogen-bond acceptors (Lipinski definition) is 2. The molecule has 1 saturated carbocycles. The average molecular weight is 254 g/mol. The summed E-state index contributed by atoms with van der Waals surface area (Å²) in [6.07, 6.45) is 3.27. The molecule has 5 heteroatoms. The van der Waals surface area contributed by atoms with E-state index in [-0.39, 0.29) is 5.56 Å². The zero-order valence-electron chi connectivity index (χ0n) is 10.0. The van der Waals surface area contributed by atoms with E-state index in [0.717, 1.165) is 31.2 Å². The molecule has 0 atom stereocenters. The smallest absolute Gasteiger partial charge is 0.251 e. The van der Waals surface area contributed by atoms with E-state index in [1.54, 1.807) is 0 Å². The molecule has 3 nitrogen and oxygen atoms in total. The summed E-state index contributed by atoms with van der Waals surface area (Å²) in [7, 11) is 0. The third-order valence-electron chi connectivity index (χ3n) is 2.77. The topological polar surface area (TPSA) is 41.1 Å². The molecule has 1 aliphatic rings. The summed E-state index contributed by atoms with van der Waals surface area (Å²) in [4.78, 5) is 11.6. The predicted molar refractivity (Wildman–Crippen MR) is 64.3 cm³/mol. The highest BCUT2D eigenvalue weighted by Gasteiger charge is 2.19. The van der Waals surface area contributed by atoms with E-state index in [1.807, 2.05) is 0 Å². The number of benzene rings is 1. The lowest BCUT2D eigenvalue weighted by Gasteiger charge is -2.06. The number of carbonyl (C=O) groups excluding carboxylic acids is 1.